The molecule has 6 nitrogen and oxygen atoms in total. The van der Waals surface area contributed by atoms with Crippen molar-refractivity contribution in [2.75, 3.05) is 13.6 Å². The first-order valence-corrected chi connectivity index (χ1v) is 8.06. The number of nitrogens with two attached hydrogens (primary N) is 1. The SMILES string of the molecule is CNC(=O)C[NH2+]Cc1nc2sc3c(c2c(=O)[nH]1)CCCC3. The van der Waals surface area contributed by atoms with Crippen molar-refractivity contribution in [1.82, 2.24) is 15.3 Å². The molecule has 112 valence electrons. The van der Waals surface area contributed by atoms with Gasteiger partial charge >= 0.3 is 0 Å². The largest absolute Gasteiger partial charge is 0.354 e. The number of hydrogen-bond acceptors (Lipinski definition) is 4. The Kier molecular flexibility index (Phi) is 4.03. The van der Waals surface area contributed by atoms with Gasteiger partial charge in [-0.25, -0.2) is 4.98 Å². The fourth-order valence-corrected chi connectivity index (χ4v) is 4.03. The maximum Gasteiger partial charge on any atom is 0.274 e. The first-order chi connectivity index (χ1) is 10.2. The number of likely N-dealkylation sites (N-methyl/N-ethyl adjacent to an activating group) is 1. The van der Waals surface area contributed by atoms with Crippen LogP contribution in [0, 0.1) is 0 Å². The lowest BCUT2D eigenvalue weighted by Crippen LogP contribution is -2.85. The number of aryl methyl sites for hydroxylation is 2. The fourth-order valence-electron chi connectivity index (χ4n) is 2.75. The average molecular weight is 307 g/mol. The number of nitrogens with one attached hydrogen (secondary N) is 2. The van der Waals surface area contributed by atoms with E-state index in [0.717, 1.165) is 29.5 Å². The van der Waals surface area contributed by atoms with Crippen LogP contribution < -0.4 is 16.2 Å². The van der Waals surface area contributed by atoms with Crippen molar-refractivity contribution in [3.8, 4) is 0 Å². The molecule has 1 aliphatic carbocycles. The molecular weight excluding hydrogens is 288 g/mol. The minimum Gasteiger partial charge on any atom is -0.354 e. The summed E-state index contributed by atoms with van der Waals surface area (Å²) in [4.78, 5) is 33.1. The molecule has 0 saturated heterocycles. The highest BCUT2D eigenvalue weighted by Gasteiger charge is 2.19. The van der Waals surface area contributed by atoms with Gasteiger partial charge in [-0.2, -0.15) is 0 Å². The predicted octanol–water partition coefficient (Wildman–Crippen LogP) is -0.327. The summed E-state index contributed by atoms with van der Waals surface area (Å²) < 4.78 is 0. The van der Waals surface area contributed by atoms with Crippen LogP contribution in [0.1, 0.15) is 29.1 Å². The Morgan fingerprint density at radius 1 is 1.43 bits per heavy atom. The summed E-state index contributed by atoms with van der Waals surface area (Å²) in [6.07, 6.45) is 4.40. The van der Waals surface area contributed by atoms with Crippen LogP contribution in [-0.4, -0.2) is 29.5 Å². The highest BCUT2D eigenvalue weighted by molar-refractivity contribution is 7.18. The van der Waals surface area contributed by atoms with Gasteiger partial charge in [-0.1, -0.05) is 0 Å². The molecule has 0 spiro atoms. The minimum atomic E-state index is -0.0391. The molecule has 0 unspecified atom stereocenters. The Balaban J connectivity index is 1.86. The zero-order valence-electron chi connectivity index (χ0n) is 12.0. The molecule has 3 rings (SSSR count). The van der Waals surface area contributed by atoms with E-state index in [4.69, 9.17) is 0 Å². The summed E-state index contributed by atoms with van der Waals surface area (Å²) in [5, 5.41) is 5.18. The smallest absolute Gasteiger partial charge is 0.274 e. The lowest BCUT2D eigenvalue weighted by molar-refractivity contribution is -0.661. The minimum absolute atomic E-state index is 0.0370. The first-order valence-electron chi connectivity index (χ1n) is 7.24. The van der Waals surface area contributed by atoms with E-state index in [0.29, 0.717) is 18.9 Å². The first kappa shape index (κ1) is 14.2. The normalized spacial score (nSPS) is 14.1. The molecule has 0 radical (unpaired) electrons. The van der Waals surface area contributed by atoms with Crippen molar-refractivity contribution in [1.29, 1.82) is 0 Å². The number of carbonyl (C=O) groups is 1. The second-order valence-corrected chi connectivity index (χ2v) is 6.36. The number of amides is 1. The molecule has 1 amide bonds. The molecular formula is C14H19N4O2S+. The third-order valence-corrected chi connectivity index (χ3v) is 5.01. The fraction of sp³-hybridized carbons (Fsp3) is 0.500. The lowest BCUT2D eigenvalue weighted by atomic mass is 9.97. The van der Waals surface area contributed by atoms with Gasteiger partial charge < -0.3 is 15.6 Å². The van der Waals surface area contributed by atoms with Gasteiger partial charge in [0.1, 0.15) is 11.4 Å². The van der Waals surface area contributed by atoms with Crippen molar-refractivity contribution in [2.24, 2.45) is 0 Å². The molecule has 2 heterocycles. The second kappa shape index (κ2) is 5.95. The molecule has 0 atom stereocenters. The lowest BCUT2D eigenvalue weighted by Gasteiger charge is -2.09. The van der Waals surface area contributed by atoms with Crippen LogP contribution in [0.3, 0.4) is 0 Å². The number of fused-ring (bicyclic) bond motifs is 3. The monoisotopic (exact) mass is 307 g/mol. The van der Waals surface area contributed by atoms with Gasteiger partial charge in [0, 0.05) is 11.9 Å². The van der Waals surface area contributed by atoms with E-state index in [9.17, 15) is 9.59 Å². The Bertz CT molecular complexity index is 734. The van der Waals surface area contributed by atoms with Crippen molar-refractivity contribution < 1.29 is 10.1 Å². The standard InChI is InChI=1S/C14H18N4O2S/c1-15-11(19)7-16-6-10-17-13(20)12-8-4-2-3-5-9(8)21-14(12)18-10/h16H,2-7H2,1H3,(H,15,19)(H,17,18,20)/p+1. The summed E-state index contributed by atoms with van der Waals surface area (Å²) >= 11 is 1.65. The number of H-pyrrole nitrogens is 1. The zero-order chi connectivity index (χ0) is 14.8. The molecule has 0 bridgehead atoms. The molecule has 0 fully saturated rings. The van der Waals surface area contributed by atoms with E-state index >= 15 is 0 Å². The van der Waals surface area contributed by atoms with Gasteiger partial charge in [-0.15, -0.1) is 11.3 Å². The van der Waals surface area contributed by atoms with Crippen molar-refractivity contribution >= 4 is 27.5 Å². The van der Waals surface area contributed by atoms with Crippen LogP contribution in [0.15, 0.2) is 4.79 Å². The number of rotatable bonds is 4. The summed E-state index contributed by atoms with van der Waals surface area (Å²) in [6, 6.07) is 0. The van der Waals surface area contributed by atoms with Gasteiger partial charge in [0.25, 0.3) is 11.5 Å². The van der Waals surface area contributed by atoms with E-state index in [1.165, 1.54) is 16.9 Å². The number of aromatic nitrogens is 2. The van der Waals surface area contributed by atoms with Crippen LogP contribution in [0.25, 0.3) is 10.2 Å². The highest BCUT2D eigenvalue weighted by Crippen LogP contribution is 2.33. The van der Waals surface area contributed by atoms with E-state index in [1.807, 2.05) is 5.32 Å². The molecule has 4 N–H and O–H groups in total. The van der Waals surface area contributed by atoms with E-state index in [2.05, 4.69) is 15.3 Å². The number of quaternary nitrogens is 1. The molecule has 2 aromatic heterocycles. The Hall–Kier alpha value is -1.73. The molecule has 2 aromatic rings. The summed E-state index contributed by atoms with van der Waals surface area (Å²) in [7, 11) is 1.61. The maximum atomic E-state index is 12.3. The topological polar surface area (TPSA) is 91.5 Å². The summed E-state index contributed by atoms with van der Waals surface area (Å²) in [5.41, 5.74) is 1.17. The molecule has 0 saturated carbocycles. The van der Waals surface area contributed by atoms with E-state index in [-0.39, 0.29) is 11.5 Å². The van der Waals surface area contributed by atoms with Gasteiger partial charge in [0.05, 0.1) is 5.39 Å². The zero-order valence-corrected chi connectivity index (χ0v) is 12.8. The third kappa shape index (κ3) is 2.84. The van der Waals surface area contributed by atoms with E-state index < -0.39 is 0 Å². The third-order valence-electron chi connectivity index (χ3n) is 3.82. The average Bonchev–Trinajstić information content (AvgIpc) is 2.85. The van der Waals surface area contributed by atoms with Gasteiger partial charge in [0.2, 0.25) is 0 Å². The number of aromatic amines is 1. The Morgan fingerprint density at radius 2 is 2.24 bits per heavy atom. The summed E-state index contributed by atoms with van der Waals surface area (Å²) in [6.45, 7) is 0.834. The van der Waals surface area contributed by atoms with Crippen LogP contribution in [0.5, 0.6) is 0 Å². The van der Waals surface area contributed by atoms with Crippen LogP contribution in [-0.2, 0) is 24.2 Å². The van der Waals surface area contributed by atoms with Gasteiger partial charge in [0.15, 0.2) is 12.4 Å². The van der Waals surface area contributed by atoms with Crippen molar-refractivity contribution in [3.63, 3.8) is 0 Å². The van der Waals surface area contributed by atoms with Gasteiger partial charge in [-0.3, -0.25) is 9.59 Å². The Labute approximate surface area is 126 Å². The molecule has 7 heteroatoms. The van der Waals surface area contributed by atoms with Crippen LogP contribution >= 0.6 is 11.3 Å². The summed E-state index contributed by atoms with van der Waals surface area (Å²) in [5.74, 6) is 0.597. The quantitative estimate of drug-likeness (QED) is 0.722. The number of hydrogen-bond donors (Lipinski definition) is 3. The highest BCUT2D eigenvalue weighted by atomic mass is 32.1. The van der Waals surface area contributed by atoms with Crippen molar-refractivity contribution in [3.05, 3.63) is 26.6 Å². The molecule has 21 heavy (non-hydrogen) atoms. The number of carbonyl (C=O) groups excluding carboxylic acids is 1. The maximum absolute atomic E-state index is 12.3. The van der Waals surface area contributed by atoms with E-state index in [1.54, 1.807) is 18.4 Å². The second-order valence-electron chi connectivity index (χ2n) is 5.27. The molecule has 0 aromatic carbocycles. The van der Waals surface area contributed by atoms with Gasteiger partial charge in [-0.05, 0) is 31.2 Å². The van der Waals surface area contributed by atoms with Crippen LogP contribution in [0.4, 0.5) is 0 Å². The predicted molar refractivity (Wildman–Crippen MR) is 81.4 cm³/mol. The Morgan fingerprint density at radius 3 is 3.05 bits per heavy atom. The number of thiophene rings is 1. The molecule has 1 aliphatic rings. The van der Waals surface area contributed by atoms with Crippen LogP contribution in [0.2, 0.25) is 0 Å². The number of nitrogens with zero attached hydrogens (tertiary/aromatic N) is 1. The molecule has 0 aliphatic heterocycles. The van der Waals surface area contributed by atoms with Crippen molar-refractivity contribution in [2.45, 2.75) is 32.2 Å².